The van der Waals surface area contributed by atoms with Gasteiger partial charge in [-0.3, -0.25) is 9.89 Å². The molecule has 0 radical (unpaired) electrons. The molecule has 1 aromatic heterocycles. The van der Waals surface area contributed by atoms with Crippen molar-refractivity contribution in [2.24, 2.45) is 0 Å². The second-order valence-corrected chi connectivity index (χ2v) is 4.79. The van der Waals surface area contributed by atoms with E-state index in [0.29, 0.717) is 26.4 Å². The van der Waals surface area contributed by atoms with Gasteiger partial charge in [-0.2, -0.15) is 5.10 Å². The van der Waals surface area contributed by atoms with Crippen molar-refractivity contribution >= 4 is 23.9 Å². The van der Waals surface area contributed by atoms with E-state index in [1.54, 1.807) is 6.08 Å². The van der Waals surface area contributed by atoms with Crippen LogP contribution in [0.15, 0.2) is 12.7 Å². The number of anilines is 1. The van der Waals surface area contributed by atoms with Crippen LogP contribution in [0.4, 0.5) is 5.82 Å². The second-order valence-electron chi connectivity index (χ2n) is 4.79. The van der Waals surface area contributed by atoms with Crippen molar-refractivity contribution < 1.29 is 14.3 Å². The molecule has 1 aliphatic rings. The van der Waals surface area contributed by atoms with Crippen molar-refractivity contribution in [2.75, 3.05) is 31.3 Å². The van der Waals surface area contributed by atoms with Crippen LogP contribution in [-0.4, -0.2) is 48.6 Å². The third-order valence-electron chi connectivity index (χ3n) is 3.37. The van der Waals surface area contributed by atoms with Gasteiger partial charge in [0.1, 0.15) is 6.61 Å². The quantitative estimate of drug-likeness (QED) is 0.788. The van der Waals surface area contributed by atoms with Crippen molar-refractivity contribution in [2.45, 2.75) is 19.9 Å². The van der Waals surface area contributed by atoms with Gasteiger partial charge in [-0.15, -0.1) is 0 Å². The lowest BCUT2D eigenvalue weighted by molar-refractivity contribution is -0.142. The van der Waals surface area contributed by atoms with Gasteiger partial charge < -0.3 is 14.4 Å². The molecule has 0 aliphatic carbocycles. The smallest absolute Gasteiger partial charge is 0.302 e. The zero-order valence-electron chi connectivity index (χ0n) is 12.5. The lowest BCUT2D eigenvalue weighted by Crippen LogP contribution is -2.50. The number of aromatic amines is 1. The first-order valence-corrected chi connectivity index (χ1v) is 6.98. The van der Waals surface area contributed by atoms with Gasteiger partial charge >= 0.3 is 5.97 Å². The van der Waals surface area contributed by atoms with Gasteiger partial charge in [-0.1, -0.05) is 18.7 Å². The third kappa shape index (κ3) is 3.52. The van der Waals surface area contributed by atoms with Crippen LogP contribution in [0.5, 0.6) is 0 Å². The number of aromatic nitrogens is 2. The minimum atomic E-state index is -0.289. The van der Waals surface area contributed by atoms with E-state index in [2.05, 4.69) is 21.7 Å². The van der Waals surface area contributed by atoms with E-state index >= 15 is 0 Å². The fraction of sp³-hybridized carbons (Fsp3) is 0.467. The van der Waals surface area contributed by atoms with E-state index in [9.17, 15) is 4.79 Å². The van der Waals surface area contributed by atoms with E-state index in [4.69, 9.17) is 9.47 Å². The molecule has 1 unspecified atom stereocenters. The number of H-pyrrole nitrogens is 1. The maximum absolute atomic E-state index is 11.0. The molecular weight excluding hydrogens is 270 g/mol. The number of esters is 1. The number of rotatable bonds is 4. The van der Waals surface area contributed by atoms with Gasteiger partial charge in [0.05, 0.1) is 24.6 Å². The number of allylic oxidation sites excluding steroid dienone is 1. The molecule has 1 aromatic rings. The van der Waals surface area contributed by atoms with Crippen molar-refractivity contribution in [3.8, 4) is 0 Å². The third-order valence-corrected chi connectivity index (χ3v) is 3.37. The number of carbonyl (C=O) groups is 1. The van der Waals surface area contributed by atoms with Crippen molar-refractivity contribution in [3.05, 3.63) is 23.2 Å². The summed E-state index contributed by atoms with van der Waals surface area (Å²) in [6.07, 6.45) is 5.63. The molecular formula is C15H21N3O3. The Bertz CT molecular complexity index is 621. The molecule has 0 spiro atoms. The summed E-state index contributed by atoms with van der Waals surface area (Å²) in [6.45, 7) is 9.25. The fourth-order valence-electron chi connectivity index (χ4n) is 2.36. The largest absolute Gasteiger partial charge is 0.464 e. The van der Waals surface area contributed by atoms with Gasteiger partial charge in [0.2, 0.25) is 0 Å². The van der Waals surface area contributed by atoms with Gasteiger partial charge in [-0.25, -0.2) is 0 Å². The maximum Gasteiger partial charge on any atom is 0.302 e. The first kappa shape index (κ1) is 15.3. The molecule has 1 saturated heterocycles. The van der Waals surface area contributed by atoms with E-state index in [1.165, 1.54) is 6.92 Å². The summed E-state index contributed by atoms with van der Waals surface area (Å²) in [6, 6.07) is -0.0346. The topological polar surface area (TPSA) is 67.5 Å². The number of nitrogens with one attached hydrogen (secondary N) is 1. The van der Waals surface area contributed by atoms with Crippen LogP contribution in [0.3, 0.4) is 0 Å². The molecule has 114 valence electrons. The van der Waals surface area contributed by atoms with Gasteiger partial charge in [0.15, 0.2) is 5.82 Å². The van der Waals surface area contributed by atoms with Crippen molar-refractivity contribution in [1.82, 2.24) is 10.2 Å². The molecule has 21 heavy (non-hydrogen) atoms. The van der Waals surface area contributed by atoms with Crippen molar-refractivity contribution in [3.63, 3.8) is 0 Å². The molecule has 0 amide bonds. The number of hydrogen-bond acceptors (Lipinski definition) is 5. The molecule has 0 saturated carbocycles. The predicted molar refractivity (Wildman–Crippen MR) is 81.2 cm³/mol. The highest BCUT2D eigenvalue weighted by Crippen LogP contribution is 2.13. The van der Waals surface area contributed by atoms with Crippen LogP contribution >= 0.6 is 0 Å². The average molecular weight is 291 g/mol. The Morgan fingerprint density at radius 3 is 3.14 bits per heavy atom. The highest BCUT2D eigenvalue weighted by atomic mass is 16.5. The minimum absolute atomic E-state index is 0.0346. The zero-order valence-corrected chi connectivity index (χ0v) is 12.5. The number of ether oxygens (including phenoxy) is 2. The molecule has 1 N–H and O–H groups in total. The van der Waals surface area contributed by atoms with E-state index in [0.717, 1.165) is 16.4 Å². The molecule has 0 bridgehead atoms. The maximum atomic E-state index is 11.0. The number of carbonyl (C=O) groups excluding carboxylic acids is 1. The second kappa shape index (κ2) is 7.08. The highest BCUT2D eigenvalue weighted by Gasteiger charge is 2.26. The van der Waals surface area contributed by atoms with Crippen LogP contribution in [0.2, 0.25) is 0 Å². The van der Waals surface area contributed by atoms with E-state index < -0.39 is 0 Å². The predicted octanol–water partition coefficient (Wildman–Crippen LogP) is -0.0551. The summed E-state index contributed by atoms with van der Waals surface area (Å²) in [5, 5.41) is 9.35. The first-order valence-electron chi connectivity index (χ1n) is 6.98. The Kier molecular flexibility index (Phi) is 5.16. The standard InChI is InChI=1S/C15H21N3O3/c1-4-6-13-14(5-2)16-17-15(13)18-7-8-20-9-12(18)10-21-11(3)19/h4-6,12,16H,1,7-10H2,2-3H3/b13-6+,14-5+. The van der Waals surface area contributed by atoms with E-state index in [1.807, 2.05) is 19.1 Å². The van der Waals surface area contributed by atoms with Crippen LogP contribution < -0.4 is 15.5 Å². The van der Waals surface area contributed by atoms with Gasteiger partial charge in [0, 0.05) is 18.7 Å². The average Bonchev–Trinajstić information content (AvgIpc) is 2.88. The molecule has 1 fully saturated rings. The summed E-state index contributed by atoms with van der Waals surface area (Å²) in [5.74, 6) is 0.548. The number of hydrogen-bond donors (Lipinski definition) is 1. The molecule has 6 heteroatoms. The molecule has 2 heterocycles. The van der Waals surface area contributed by atoms with Crippen LogP contribution in [-0.2, 0) is 14.3 Å². The summed E-state index contributed by atoms with van der Waals surface area (Å²) in [4.78, 5) is 13.1. The monoisotopic (exact) mass is 291 g/mol. The summed E-state index contributed by atoms with van der Waals surface area (Å²) < 4.78 is 10.6. The summed E-state index contributed by atoms with van der Waals surface area (Å²) in [7, 11) is 0. The number of morpholine rings is 1. The SMILES string of the molecule is C=C/C=c1/c(N2CCOCC2COC(C)=O)n[nH]/c1=C/C. The van der Waals surface area contributed by atoms with Crippen LogP contribution in [0, 0.1) is 0 Å². The van der Waals surface area contributed by atoms with Gasteiger partial charge in [-0.05, 0) is 13.0 Å². The van der Waals surface area contributed by atoms with Gasteiger partial charge in [0.25, 0.3) is 0 Å². The Morgan fingerprint density at radius 2 is 2.48 bits per heavy atom. The highest BCUT2D eigenvalue weighted by molar-refractivity contribution is 5.66. The van der Waals surface area contributed by atoms with E-state index in [-0.39, 0.29) is 12.0 Å². The van der Waals surface area contributed by atoms with Crippen LogP contribution in [0.1, 0.15) is 13.8 Å². The minimum Gasteiger partial charge on any atom is -0.464 e. The number of nitrogens with zero attached hydrogens (tertiary/aromatic N) is 2. The molecule has 0 aromatic carbocycles. The molecule has 1 aliphatic heterocycles. The molecule has 6 nitrogen and oxygen atoms in total. The zero-order chi connectivity index (χ0) is 15.2. The lowest BCUT2D eigenvalue weighted by Gasteiger charge is -2.35. The normalized spacial score (nSPS) is 20.7. The Hall–Kier alpha value is -2.08. The van der Waals surface area contributed by atoms with Crippen molar-refractivity contribution in [1.29, 1.82) is 0 Å². The molecule has 2 rings (SSSR count). The lowest BCUT2D eigenvalue weighted by atomic mass is 10.2. The Labute approximate surface area is 123 Å². The molecule has 1 atom stereocenters. The Balaban J connectivity index is 2.33. The summed E-state index contributed by atoms with van der Waals surface area (Å²) >= 11 is 0. The van der Waals surface area contributed by atoms with Crippen LogP contribution in [0.25, 0.3) is 12.2 Å². The summed E-state index contributed by atoms with van der Waals surface area (Å²) in [5.41, 5.74) is 0. The first-order chi connectivity index (χ1) is 10.2. The Morgan fingerprint density at radius 1 is 1.67 bits per heavy atom. The fourth-order valence-corrected chi connectivity index (χ4v) is 2.36.